The lowest BCUT2D eigenvalue weighted by Crippen LogP contribution is -2.13. The molecule has 0 amide bonds. The molecule has 0 atom stereocenters. The fourth-order valence-electron chi connectivity index (χ4n) is 1.35. The highest BCUT2D eigenvalue weighted by Crippen LogP contribution is 2.37. The van der Waals surface area contributed by atoms with E-state index in [9.17, 15) is 22.0 Å². The molecule has 0 unspecified atom stereocenters. The normalized spacial score (nSPS) is 11.4. The van der Waals surface area contributed by atoms with Crippen molar-refractivity contribution in [1.82, 2.24) is 4.98 Å². The third kappa shape index (κ3) is 2.85. The van der Waals surface area contributed by atoms with E-state index in [0.29, 0.717) is 0 Å². The van der Waals surface area contributed by atoms with Gasteiger partial charge in [-0.2, -0.15) is 18.4 Å². The maximum Gasteiger partial charge on any atom is 0.416 e. The third-order valence-electron chi connectivity index (χ3n) is 2.08. The van der Waals surface area contributed by atoms with Crippen molar-refractivity contribution in [2.75, 3.05) is 7.11 Å². The van der Waals surface area contributed by atoms with Gasteiger partial charge in [0, 0.05) is 5.56 Å². The number of hydrogen-bond acceptors (Lipinski definition) is 3. The van der Waals surface area contributed by atoms with Crippen molar-refractivity contribution < 1.29 is 26.7 Å². The van der Waals surface area contributed by atoms with Gasteiger partial charge in [-0.1, -0.05) is 0 Å². The van der Waals surface area contributed by atoms with Gasteiger partial charge in [0.15, 0.2) is 0 Å². The maximum absolute atomic E-state index is 12.7. The molecule has 98 valence electrons. The summed E-state index contributed by atoms with van der Waals surface area (Å²) in [5.41, 5.74) is -2.91. The molecule has 0 aliphatic heterocycles. The highest BCUT2D eigenvalue weighted by atomic mass is 19.4. The second-order valence-corrected chi connectivity index (χ2v) is 3.22. The Labute approximate surface area is 98.8 Å². The number of ether oxygens (including phenoxy) is 1. The second kappa shape index (κ2) is 5.16. The SMILES string of the molecule is COc1nc(C(F)F)cc(C(F)(F)F)c1CC#N. The molecule has 0 saturated carbocycles. The highest BCUT2D eigenvalue weighted by molar-refractivity contribution is 5.40. The topological polar surface area (TPSA) is 45.9 Å². The number of nitriles is 1. The Kier molecular flexibility index (Phi) is 4.06. The molecule has 0 radical (unpaired) electrons. The maximum atomic E-state index is 12.7. The summed E-state index contributed by atoms with van der Waals surface area (Å²) in [6.45, 7) is 0. The minimum atomic E-state index is -4.86. The van der Waals surface area contributed by atoms with Crippen molar-refractivity contribution >= 4 is 0 Å². The molecule has 0 fully saturated rings. The summed E-state index contributed by atoms with van der Waals surface area (Å²) in [6.07, 6.45) is -8.64. The zero-order chi connectivity index (χ0) is 13.9. The van der Waals surface area contributed by atoms with Crippen molar-refractivity contribution in [1.29, 1.82) is 5.26 Å². The van der Waals surface area contributed by atoms with Gasteiger partial charge in [0.1, 0.15) is 5.69 Å². The predicted octanol–water partition coefficient (Wildman–Crippen LogP) is 3.11. The molecule has 0 N–H and O–H groups in total. The van der Waals surface area contributed by atoms with Crippen LogP contribution in [0.1, 0.15) is 23.2 Å². The van der Waals surface area contributed by atoms with Crippen molar-refractivity contribution in [3.63, 3.8) is 0 Å². The minimum absolute atomic E-state index is 0.236. The Morgan fingerprint density at radius 2 is 2.06 bits per heavy atom. The van der Waals surface area contributed by atoms with Crippen LogP contribution in [0.25, 0.3) is 0 Å². The lowest BCUT2D eigenvalue weighted by Gasteiger charge is -2.15. The molecular weight excluding hydrogens is 259 g/mol. The van der Waals surface area contributed by atoms with E-state index < -0.39 is 41.7 Å². The van der Waals surface area contributed by atoms with Crippen molar-refractivity contribution in [3.05, 3.63) is 22.9 Å². The van der Waals surface area contributed by atoms with Gasteiger partial charge < -0.3 is 4.74 Å². The van der Waals surface area contributed by atoms with Crippen LogP contribution in [0, 0.1) is 11.3 Å². The first-order valence-corrected chi connectivity index (χ1v) is 4.61. The van der Waals surface area contributed by atoms with E-state index in [1.54, 1.807) is 0 Å². The number of rotatable bonds is 3. The molecule has 3 nitrogen and oxygen atoms in total. The molecule has 0 aromatic carbocycles. The van der Waals surface area contributed by atoms with Crippen LogP contribution < -0.4 is 4.74 Å². The number of pyridine rings is 1. The van der Waals surface area contributed by atoms with Gasteiger partial charge in [-0.3, -0.25) is 0 Å². The lowest BCUT2D eigenvalue weighted by molar-refractivity contribution is -0.138. The first-order valence-electron chi connectivity index (χ1n) is 4.61. The van der Waals surface area contributed by atoms with Crippen molar-refractivity contribution in [2.45, 2.75) is 19.0 Å². The summed E-state index contributed by atoms with van der Waals surface area (Å²) in [5.74, 6) is -0.610. The third-order valence-corrected chi connectivity index (χ3v) is 2.08. The summed E-state index contributed by atoms with van der Waals surface area (Å²) in [6, 6.07) is 1.75. The zero-order valence-corrected chi connectivity index (χ0v) is 9.05. The number of halogens is 5. The van der Waals surface area contributed by atoms with E-state index in [0.717, 1.165) is 7.11 Å². The Morgan fingerprint density at radius 3 is 2.44 bits per heavy atom. The van der Waals surface area contributed by atoms with E-state index in [1.165, 1.54) is 6.07 Å². The number of nitrogens with zero attached hydrogens (tertiary/aromatic N) is 2. The second-order valence-electron chi connectivity index (χ2n) is 3.22. The smallest absolute Gasteiger partial charge is 0.416 e. The Morgan fingerprint density at radius 1 is 1.44 bits per heavy atom. The number of hydrogen-bond donors (Lipinski definition) is 0. The van der Waals surface area contributed by atoms with Gasteiger partial charge >= 0.3 is 6.18 Å². The van der Waals surface area contributed by atoms with Gasteiger partial charge in [0.05, 0.1) is 25.2 Å². The average molecular weight is 266 g/mol. The molecule has 0 aliphatic rings. The molecule has 1 aromatic rings. The Bertz CT molecular complexity index is 478. The lowest BCUT2D eigenvalue weighted by atomic mass is 10.1. The van der Waals surface area contributed by atoms with Crippen LogP contribution in [0.15, 0.2) is 6.07 Å². The monoisotopic (exact) mass is 266 g/mol. The number of alkyl halides is 5. The van der Waals surface area contributed by atoms with Crippen molar-refractivity contribution in [3.8, 4) is 11.9 Å². The molecular formula is C10H7F5N2O. The largest absolute Gasteiger partial charge is 0.481 e. The van der Waals surface area contributed by atoms with Gasteiger partial charge in [-0.15, -0.1) is 0 Å². The van der Waals surface area contributed by atoms with Crippen LogP contribution in [-0.4, -0.2) is 12.1 Å². The van der Waals surface area contributed by atoms with Gasteiger partial charge in [0.25, 0.3) is 6.43 Å². The average Bonchev–Trinajstić information content (AvgIpc) is 2.27. The fourth-order valence-corrected chi connectivity index (χ4v) is 1.35. The molecule has 8 heteroatoms. The summed E-state index contributed by atoms with van der Waals surface area (Å²) in [7, 11) is 0.999. The Hall–Kier alpha value is -1.91. The van der Waals surface area contributed by atoms with E-state index in [4.69, 9.17) is 5.26 Å². The summed E-state index contributed by atoms with van der Waals surface area (Å²) in [5, 5.41) is 8.46. The van der Waals surface area contributed by atoms with Crippen LogP contribution in [0.2, 0.25) is 0 Å². The van der Waals surface area contributed by atoms with Crippen LogP contribution in [0.3, 0.4) is 0 Å². The summed E-state index contributed by atoms with van der Waals surface area (Å²) < 4.78 is 67.4. The van der Waals surface area contributed by atoms with Gasteiger partial charge in [-0.25, -0.2) is 13.8 Å². The minimum Gasteiger partial charge on any atom is -0.481 e. The van der Waals surface area contributed by atoms with Gasteiger partial charge in [0.2, 0.25) is 5.88 Å². The molecule has 0 aliphatic carbocycles. The van der Waals surface area contributed by atoms with Gasteiger partial charge in [-0.05, 0) is 6.07 Å². The molecule has 0 bridgehead atoms. The Balaban J connectivity index is 3.53. The van der Waals surface area contributed by atoms with Crippen LogP contribution in [-0.2, 0) is 12.6 Å². The highest BCUT2D eigenvalue weighted by Gasteiger charge is 2.36. The molecule has 1 rings (SSSR count). The fraction of sp³-hybridized carbons (Fsp3) is 0.400. The van der Waals surface area contributed by atoms with Crippen molar-refractivity contribution in [2.24, 2.45) is 0 Å². The summed E-state index contributed by atoms with van der Waals surface area (Å²) in [4.78, 5) is 3.26. The van der Waals surface area contributed by atoms with Crippen LogP contribution in [0.4, 0.5) is 22.0 Å². The number of methoxy groups -OCH3 is 1. The van der Waals surface area contributed by atoms with E-state index in [2.05, 4.69) is 9.72 Å². The summed E-state index contributed by atoms with van der Waals surface area (Å²) >= 11 is 0. The first-order chi connectivity index (χ1) is 8.31. The molecule has 0 spiro atoms. The van der Waals surface area contributed by atoms with E-state index >= 15 is 0 Å². The first kappa shape index (κ1) is 14.2. The number of aromatic nitrogens is 1. The molecule has 1 heterocycles. The molecule has 18 heavy (non-hydrogen) atoms. The molecule has 0 saturated heterocycles. The van der Waals surface area contributed by atoms with E-state index in [-0.39, 0.29) is 6.07 Å². The zero-order valence-electron chi connectivity index (χ0n) is 9.05. The van der Waals surface area contributed by atoms with E-state index in [1.807, 2.05) is 0 Å². The predicted molar refractivity (Wildman–Crippen MR) is 50.1 cm³/mol. The van der Waals surface area contributed by atoms with Crippen LogP contribution in [0.5, 0.6) is 5.88 Å². The standard InChI is InChI=1S/C10H7F5N2O/c1-18-9-5(2-3-16)6(10(13,14)15)4-7(17-9)8(11)12/h4,8H,2H2,1H3. The van der Waals surface area contributed by atoms with Crippen LogP contribution >= 0.6 is 0 Å². The molecule has 1 aromatic heterocycles. The quantitative estimate of drug-likeness (QED) is 0.789.